The predicted octanol–water partition coefficient (Wildman–Crippen LogP) is 3.19. The molecular formula is C14H16ClFN2. The molecule has 4 heteroatoms. The third kappa shape index (κ3) is 2.57. The zero-order valence-corrected chi connectivity index (χ0v) is 10.8. The van der Waals surface area contributed by atoms with E-state index in [-0.39, 0.29) is 18.2 Å². The highest BCUT2D eigenvalue weighted by molar-refractivity contribution is 5.85. The average molecular weight is 267 g/mol. The Labute approximate surface area is 112 Å². The van der Waals surface area contributed by atoms with Crippen molar-refractivity contribution in [1.82, 2.24) is 10.3 Å². The molecule has 2 heterocycles. The van der Waals surface area contributed by atoms with Crippen LogP contribution in [-0.2, 0) is 6.42 Å². The summed E-state index contributed by atoms with van der Waals surface area (Å²) in [5, 5.41) is 4.30. The second-order valence-corrected chi connectivity index (χ2v) is 4.50. The van der Waals surface area contributed by atoms with E-state index >= 15 is 0 Å². The lowest BCUT2D eigenvalue weighted by Crippen LogP contribution is -2.21. The summed E-state index contributed by atoms with van der Waals surface area (Å²) in [6, 6.07) is 4.90. The Morgan fingerprint density at radius 1 is 1.28 bits per heavy atom. The Kier molecular flexibility index (Phi) is 4.04. The summed E-state index contributed by atoms with van der Waals surface area (Å²) in [5.74, 6) is -0.169. The van der Waals surface area contributed by atoms with Crippen LogP contribution in [0, 0.1) is 5.82 Å². The second-order valence-electron chi connectivity index (χ2n) is 4.50. The molecule has 0 saturated carbocycles. The first kappa shape index (κ1) is 13.1. The number of nitrogens with one attached hydrogen (secondary N) is 2. The fraction of sp³-hybridized carbons (Fsp3) is 0.286. The van der Waals surface area contributed by atoms with E-state index < -0.39 is 0 Å². The molecule has 18 heavy (non-hydrogen) atoms. The monoisotopic (exact) mass is 266 g/mol. The number of rotatable bonds is 2. The van der Waals surface area contributed by atoms with E-state index in [1.165, 1.54) is 17.2 Å². The van der Waals surface area contributed by atoms with Crippen molar-refractivity contribution in [3.05, 3.63) is 47.4 Å². The molecule has 0 fully saturated rings. The number of hydrogen-bond acceptors (Lipinski definition) is 1. The van der Waals surface area contributed by atoms with Gasteiger partial charge in [-0.05, 0) is 43.1 Å². The van der Waals surface area contributed by atoms with Crippen LogP contribution in [0.25, 0.3) is 10.9 Å². The molecule has 2 N–H and O–H groups in total. The van der Waals surface area contributed by atoms with Crippen LogP contribution in [0.3, 0.4) is 0 Å². The van der Waals surface area contributed by atoms with Crippen molar-refractivity contribution in [3.63, 3.8) is 0 Å². The van der Waals surface area contributed by atoms with Crippen LogP contribution >= 0.6 is 12.4 Å². The standard InChI is InChI=1S/C14H15FN2.ClH/c15-12-1-2-14-13(8-12)11(9-17-14)7-10-3-5-16-6-4-10;/h1-3,8-9,16-17H,4-7H2;1H. The molecule has 2 nitrogen and oxygen atoms in total. The molecule has 0 saturated heterocycles. The van der Waals surface area contributed by atoms with Gasteiger partial charge in [0.1, 0.15) is 5.82 Å². The summed E-state index contributed by atoms with van der Waals surface area (Å²) in [6.07, 6.45) is 6.24. The zero-order chi connectivity index (χ0) is 11.7. The molecule has 1 aromatic carbocycles. The van der Waals surface area contributed by atoms with Gasteiger partial charge in [0.05, 0.1) is 0 Å². The fourth-order valence-electron chi connectivity index (χ4n) is 2.37. The molecule has 96 valence electrons. The van der Waals surface area contributed by atoms with Gasteiger partial charge in [-0.15, -0.1) is 12.4 Å². The first-order valence-corrected chi connectivity index (χ1v) is 5.97. The number of H-pyrrole nitrogens is 1. The van der Waals surface area contributed by atoms with E-state index in [1.54, 1.807) is 12.1 Å². The third-order valence-corrected chi connectivity index (χ3v) is 3.30. The first-order chi connectivity index (χ1) is 8.33. The fourth-order valence-corrected chi connectivity index (χ4v) is 2.37. The van der Waals surface area contributed by atoms with Crippen LogP contribution in [0.2, 0.25) is 0 Å². The van der Waals surface area contributed by atoms with E-state index in [4.69, 9.17) is 0 Å². The molecule has 1 aliphatic heterocycles. The van der Waals surface area contributed by atoms with Crippen molar-refractivity contribution in [2.75, 3.05) is 13.1 Å². The average Bonchev–Trinajstić information content (AvgIpc) is 2.73. The molecule has 0 radical (unpaired) electrons. The van der Waals surface area contributed by atoms with E-state index in [2.05, 4.69) is 16.4 Å². The van der Waals surface area contributed by atoms with Gasteiger partial charge in [-0.2, -0.15) is 0 Å². The third-order valence-electron chi connectivity index (χ3n) is 3.30. The largest absolute Gasteiger partial charge is 0.361 e. The molecular weight excluding hydrogens is 251 g/mol. The van der Waals surface area contributed by atoms with Crippen LogP contribution in [0.15, 0.2) is 36.0 Å². The van der Waals surface area contributed by atoms with Crippen molar-refractivity contribution >= 4 is 23.3 Å². The minimum atomic E-state index is -0.169. The highest BCUT2D eigenvalue weighted by atomic mass is 35.5. The van der Waals surface area contributed by atoms with E-state index in [0.717, 1.165) is 36.8 Å². The van der Waals surface area contributed by atoms with Crippen LogP contribution in [0.4, 0.5) is 4.39 Å². The van der Waals surface area contributed by atoms with Gasteiger partial charge in [0.2, 0.25) is 0 Å². The van der Waals surface area contributed by atoms with Gasteiger partial charge in [-0.25, -0.2) is 4.39 Å². The minimum absolute atomic E-state index is 0. The predicted molar refractivity (Wildman–Crippen MR) is 74.8 cm³/mol. The lowest BCUT2D eigenvalue weighted by Gasteiger charge is -2.13. The van der Waals surface area contributed by atoms with Crippen LogP contribution in [0.1, 0.15) is 12.0 Å². The number of hydrogen-bond donors (Lipinski definition) is 2. The summed E-state index contributed by atoms with van der Waals surface area (Å²) in [6.45, 7) is 1.99. The minimum Gasteiger partial charge on any atom is -0.361 e. The summed E-state index contributed by atoms with van der Waals surface area (Å²) in [5.41, 5.74) is 3.64. The van der Waals surface area contributed by atoms with Gasteiger partial charge in [-0.3, -0.25) is 0 Å². The van der Waals surface area contributed by atoms with Gasteiger partial charge in [-0.1, -0.05) is 11.6 Å². The zero-order valence-electron chi connectivity index (χ0n) is 10.0. The lowest BCUT2D eigenvalue weighted by atomic mass is 10.00. The Hall–Kier alpha value is -1.32. The van der Waals surface area contributed by atoms with Crippen molar-refractivity contribution in [1.29, 1.82) is 0 Å². The maximum atomic E-state index is 13.2. The van der Waals surface area contributed by atoms with E-state index in [1.807, 2.05) is 6.20 Å². The Morgan fingerprint density at radius 3 is 2.94 bits per heavy atom. The summed E-state index contributed by atoms with van der Waals surface area (Å²) in [7, 11) is 0. The van der Waals surface area contributed by atoms with Gasteiger partial charge >= 0.3 is 0 Å². The van der Waals surface area contributed by atoms with Gasteiger partial charge in [0.15, 0.2) is 0 Å². The quantitative estimate of drug-likeness (QED) is 0.803. The smallest absolute Gasteiger partial charge is 0.123 e. The Balaban J connectivity index is 0.00000120. The van der Waals surface area contributed by atoms with Crippen LogP contribution in [-0.4, -0.2) is 18.1 Å². The lowest BCUT2D eigenvalue weighted by molar-refractivity contribution is 0.629. The molecule has 3 rings (SSSR count). The van der Waals surface area contributed by atoms with E-state index in [0.29, 0.717) is 0 Å². The van der Waals surface area contributed by atoms with Crippen LogP contribution < -0.4 is 5.32 Å². The highest BCUT2D eigenvalue weighted by Gasteiger charge is 2.08. The Morgan fingerprint density at radius 2 is 2.17 bits per heavy atom. The molecule has 1 aliphatic rings. The van der Waals surface area contributed by atoms with Gasteiger partial charge in [0, 0.05) is 23.6 Å². The molecule has 0 unspecified atom stereocenters. The van der Waals surface area contributed by atoms with Crippen LogP contribution in [0.5, 0.6) is 0 Å². The molecule has 2 aromatic rings. The molecule has 0 spiro atoms. The number of aromatic nitrogens is 1. The molecule has 0 atom stereocenters. The van der Waals surface area contributed by atoms with Crippen molar-refractivity contribution in [3.8, 4) is 0 Å². The topological polar surface area (TPSA) is 27.8 Å². The van der Waals surface area contributed by atoms with Gasteiger partial charge < -0.3 is 10.3 Å². The van der Waals surface area contributed by atoms with Gasteiger partial charge in [0.25, 0.3) is 0 Å². The second kappa shape index (κ2) is 5.55. The van der Waals surface area contributed by atoms with Crippen molar-refractivity contribution in [2.45, 2.75) is 12.8 Å². The SMILES string of the molecule is Cl.Fc1ccc2[nH]cc(CC3=CCNCC3)c2c1. The van der Waals surface area contributed by atoms with Crippen molar-refractivity contribution in [2.24, 2.45) is 0 Å². The normalized spacial score (nSPS) is 15.3. The summed E-state index contributed by atoms with van der Waals surface area (Å²) >= 11 is 0. The summed E-state index contributed by atoms with van der Waals surface area (Å²) in [4.78, 5) is 3.20. The molecule has 1 aromatic heterocycles. The first-order valence-electron chi connectivity index (χ1n) is 5.97. The molecule has 0 bridgehead atoms. The maximum absolute atomic E-state index is 13.2. The number of halogens is 2. The molecule has 0 amide bonds. The number of aromatic amines is 1. The maximum Gasteiger partial charge on any atom is 0.123 e. The molecule has 0 aliphatic carbocycles. The number of fused-ring (bicyclic) bond motifs is 1. The summed E-state index contributed by atoms with van der Waals surface area (Å²) < 4.78 is 13.2. The van der Waals surface area contributed by atoms with Crippen molar-refractivity contribution < 1.29 is 4.39 Å². The van der Waals surface area contributed by atoms with E-state index in [9.17, 15) is 4.39 Å². The Bertz CT molecular complexity index is 574. The highest BCUT2D eigenvalue weighted by Crippen LogP contribution is 2.23. The number of benzene rings is 1.